The van der Waals surface area contributed by atoms with Crippen molar-refractivity contribution >= 4 is 5.91 Å². The van der Waals surface area contributed by atoms with Gasteiger partial charge in [-0.25, -0.2) is 0 Å². The van der Waals surface area contributed by atoms with Gasteiger partial charge in [-0.1, -0.05) is 20.8 Å². The lowest BCUT2D eigenvalue weighted by Crippen LogP contribution is -2.28. The van der Waals surface area contributed by atoms with Crippen LogP contribution >= 0.6 is 0 Å². The van der Waals surface area contributed by atoms with Crippen LogP contribution in [0.4, 0.5) is 0 Å². The molecule has 0 unspecified atom stereocenters. The molecule has 114 valence electrons. The second-order valence-corrected chi connectivity index (χ2v) is 4.79. The molecule has 5 nitrogen and oxygen atoms in total. The Bertz CT molecular complexity index is 210. The Balaban J connectivity index is 3.08. The second-order valence-electron chi connectivity index (χ2n) is 4.79. The second kappa shape index (κ2) is 13.8. The molecule has 0 bridgehead atoms. The predicted molar refractivity (Wildman–Crippen MR) is 75.2 cm³/mol. The Morgan fingerprint density at radius 2 is 1.47 bits per heavy atom. The molecule has 0 fully saturated rings. The van der Waals surface area contributed by atoms with E-state index in [1.165, 1.54) is 0 Å². The van der Waals surface area contributed by atoms with Gasteiger partial charge in [0, 0.05) is 19.6 Å². The van der Waals surface area contributed by atoms with Gasteiger partial charge in [-0.2, -0.15) is 0 Å². The number of hydrogen-bond donors (Lipinski definition) is 1. The maximum Gasteiger partial charge on any atom is 0.220 e. The standard InChI is InChI=1S/C14H29NO4/c1-4-6-17-8-10-19-11-9-18-7-5-15-14(16)12-13(2)3/h13H,4-12H2,1-3H3,(H,15,16). The van der Waals surface area contributed by atoms with Crippen molar-refractivity contribution in [2.45, 2.75) is 33.6 Å². The van der Waals surface area contributed by atoms with Gasteiger partial charge in [0.25, 0.3) is 0 Å². The Labute approximate surface area is 117 Å². The van der Waals surface area contributed by atoms with E-state index in [4.69, 9.17) is 14.2 Å². The summed E-state index contributed by atoms with van der Waals surface area (Å²) in [7, 11) is 0. The van der Waals surface area contributed by atoms with E-state index in [1.807, 2.05) is 13.8 Å². The number of ether oxygens (including phenoxy) is 3. The summed E-state index contributed by atoms with van der Waals surface area (Å²) in [6.45, 7) is 10.4. The van der Waals surface area contributed by atoms with Crippen molar-refractivity contribution in [3.05, 3.63) is 0 Å². The third-order valence-electron chi connectivity index (χ3n) is 2.25. The first-order chi connectivity index (χ1) is 9.16. The van der Waals surface area contributed by atoms with Crippen molar-refractivity contribution in [3.63, 3.8) is 0 Å². The molecule has 0 radical (unpaired) electrons. The zero-order chi connectivity index (χ0) is 14.3. The minimum Gasteiger partial charge on any atom is -0.379 e. The van der Waals surface area contributed by atoms with E-state index >= 15 is 0 Å². The highest BCUT2D eigenvalue weighted by molar-refractivity contribution is 5.75. The predicted octanol–water partition coefficient (Wildman–Crippen LogP) is 1.61. The quantitative estimate of drug-likeness (QED) is 0.519. The van der Waals surface area contributed by atoms with Crippen LogP contribution in [0.5, 0.6) is 0 Å². The fourth-order valence-corrected chi connectivity index (χ4v) is 1.39. The lowest BCUT2D eigenvalue weighted by Gasteiger charge is -2.08. The summed E-state index contributed by atoms with van der Waals surface area (Å²) < 4.78 is 15.9. The lowest BCUT2D eigenvalue weighted by atomic mass is 10.1. The molecule has 0 saturated heterocycles. The molecule has 0 aromatic rings. The molecule has 0 aliphatic heterocycles. The maximum atomic E-state index is 11.3. The molecule has 5 heteroatoms. The highest BCUT2D eigenvalue weighted by Gasteiger charge is 2.02. The van der Waals surface area contributed by atoms with E-state index in [0.717, 1.165) is 13.0 Å². The molecule has 0 aliphatic carbocycles. The summed E-state index contributed by atoms with van der Waals surface area (Å²) in [6, 6.07) is 0. The van der Waals surface area contributed by atoms with Gasteiger partial charge < -0.3 is 19.5 Å². The van der Waals surface area contributed by atoms with Gasteiger partial charge in [-0.15, -0.1) is 0 Å². The van der Waals surface area contributed by atoms with Gasteiger partial charge in [-0.05, 0) is 12.3 Å². The van der Waals surface area contributed by atoms with Crippen molar-refractivity contribution in [1.82, 2.24) is 5.32 Å². The van der Waals surface area contributed by atoms with Crippen LogP contribution in [0.15, 0.2) is 0 Å². The Morgan fingerprint density at radius 1 is 0.947 bits per heavy atom. The zero-order valence-corrected chi connectivity index (χ0v) is 12.6. The zero-order valence-electron chi connectivity index (χ0n) is 12.6. The number of carbonyl (C=O) groups is 1. The topological polar surface area (TPSA) is 56.8 Å². The first-order valence-electron chi connectivity index (χ1n) is 7.16. The number of nitrogens with one attached hydrogen (secondary N) is 1. The minimum absolute atomic E-state index is 0.0860. The number of hydrogen-bond acceptors (Lipinski definition) is 4. The largest absolute Gasteiger partial charge is 0.379 e. The summed E-state index contributed by atoms with van der Waals surface area (Å²) >= 11 is 0. The molecule has 0 spiro atoms. The molecule has 1 amide bonds. The van der Waals surface area contributed by atoms with Crippen LogP contribution < -0.4 is 5.32 Å². The van der Waals surface area contributed by atoms with Gasteiger partial charge in [0.15, 0.2) is 0 Å². The maximum absolute atomic E-state index is 11.3. The minimum atomic E-state index is 0.0860. The van der Waals surface area contributed by atoms with Gasteiger partial charge >= 0.3 is 0 Å². The Kier molecular flexibility index (Phi) is 13.3. The highest BCUT2D eigenvalue weighted by atomic mass is 16.5. The SMILES string of the molecule is CCCOCCOCCOCCNC(=O)CC(C)C. The number of carbonyl (C=O) groups excluding carboxylic acids is 1. The smallest absolute Gasteiger partial charge is 0.220 e. The summed E-state index contributed by atoms with van der Waals surface area (Å²) in [5, 5.41) is 2.81. The van der Waals surface area contributed by atoms with Crippen LogP contribution in [0, 0.1) is 5.92 Å². The van der Waals surface area contributed by atoms with Gasteiger partial charge in [0.2, 0.25) is 5.91 Å². The fraction of sp³-hybridized carbons (Fsp3) is 0.929. The molecule has 0 aliphatic rings. The molecule has 0 aromatic carbocycles. The van der Waals surface area contributed by atoms with Gasteiger partial charge in [0.05, 0.1) is 33.0 Å². The third kappa shape index (κ3) is 15.3. The van der Waals surface area contributed by atoms with E-state index in [-0.39, 0.29) is 5.91 Å². The van der Waals surface area contributed by atoms with E-state index in [9.17, 15) is 4.79 Å². The van der Waals surface area contributed by atoms with E-state index in [1.54, 1.807) is 0 Å². The first-order valence-corrected chi connectivity index (χ1v) is 7.16. The van der Waals surface area contributed by atoms with Crippen molar-refractivity contribution in [2.24, 2.45) is 5.92 Å². The number of amides is 1. The van der Waals surface area contributed by atoms with Gasteiger partial charge in [-0.3, -0.25) is 4.79 Å². The van der Waals surface area contributed by atoms with Crippen LogP contribution in [0.25, 0.3) is 0 Å². The summed E-state index contributed by atoms with van der Waals surface area (Å²) in [5.74, 6) is 0.479. The van der Waals surface area contributed by atoms with Crippen molar-refractivity contribution in [3.8, 4) is 0 Å². The Morgan fingerprint density at radius 3 is 2.00 bits per heavy atom. The average molecular weight is 275 g/mol. The van der Waals surface area contributed by atoms with Gasteiger partial charge in [0.1, 0.15) is 0 Å². The fourth-order valence-electron chi connectivity index (χ4n) is 1.39. The van der Waals surface area contributed by atoms with Crippen LogP contribution in [0.1, 0.15) is 33.6 Å². The summed E-state index contributed by atoms with van der Waals surface area (Å²) in [4.78, 5) is 11.3. The third-order valence-corrected chi connectivity index (χ3v) is 2.25. The van der Waals surface area contributed by atoms with Crippen LogP contribution in [-0.2, 0) is 19.0 Å². The molecule has 0 saturated carbocycles. The molecule has 0 aromatic heterocycles. The Hall–Kier alpha value is -0.650. The molecule has 19 heavy (non-hydrogen) atoms. The van der Waals surface area contributed by atoms with Crippen LogP contribution in [-0.4, -0.2) is 52.1 Å². The van der Waals surface area contributed by atoms with Crippen LogP contribution in [0.2, 0.25) is 0 Å². The molecule has 0 atom stereocenters. The average Bonchev–Trinajstić information content (AvgIpc) is 2.35. The highest BCUT2D eigenvalue weighted by Crippen LogP contribution is 1.97. The van der Waals surface area contributed by atoms with Crippen LogP contribution in [0.3, 0.4) is 0 Å². The van der Waals surface area contributed by atoms with Crippen molar-refractivity contribution in [1.29, 1.82) is 0 Å². The van der Waals surface area contributed by atoms with E-state index in [2.05, 4.69) is 12.2 Å². The van der Waals surface area contributed by atoms with Crippen molar-refractivity contribution in [2.75, 3.05) is 46.2 Å². The number of rotatable bonds is 13. The summed E-state index contributed by atoms with van der Waals surface area (Å²) in [5.41, 5.74) is 0. The lowest BCUT2D eigenvalue weighted by molar-refractivity contribution is -0.122. The molecular formula is C14H29NO4. The first kappa shape index (κ1) is 18.4. The molecular weight excluding hydrogens is 246 g/mol. The van der Waals surface area contributed by atoms with E-state index < -0.39 is 0 Å². The van der Waals surface area contributed by atoms with E-state index in [0.29, 0.717) is 51.9 Å². The monoisotopic (exact) mass is 275 g/mol. The normalized spacial score (nSPS) is 10.9. The molecule has 0 heterocycles. The molecule has 1 N–H and O–H groups in total. The summed E-state index contributed by atoms with van der Waals surface area (Å²) in [6.07, 6.45) is 1.60. The van der Waals surface area contributed by atoms with Crippen molar-refractivity contribution < 1.29 is 19.0 Å². The molecule has 0 rings (SSSR count).